The van der Waals surface area contributed by atoms with Crippen molar-refractivity contribution in [1.29, 1.82) is 0 Å². The summed E-state index contributed by atoms with van der Waals surface area (Å²) in [6.07, 6.45) is 3.04. The Hall–Kier alpha value is -0.610. The summed E-state index contributed by atoms with van der Waals surface area (Å²) in [7, 11) is 0. The number of hydrogen-bond donors (Lipinski definition) is 2. The molecule has 0 spiro atoms. The molecule has 0 aromatic rings. The maximum atomic E-state index is 11.2. The zero-order chi connectivity index (χ0) is 11.3. The molecule has 1 fully saturated rings. The van der Waals surface area contributed by atoms with E-state index < -0.39 is 6.61 Å². The highest BCUT2D eigenvalue weighted by atomic mass is 16.3. The molecule has 0 aromatic carbocycles. The summed E-state index contributed by atoms with van der Waals surface area (Å²) in [6, 6.07) is 0. The van der Waals surface area contributed by atoms with Crippen molar-refractivity contribution in [3.8, 4) is 0 Å². The van der Waals surface area contributed by atoms with Crippen molar-refractivity contribution < 1.29 is 15.0 Å². The van der Waals surface area contributed by atoms with Crippen LogP contribution in [0.3, 0.4) is 0 Å². The van der Waals surface area contributed by atoms with E-state index in [1.165, 1.54) is 0 Å². The topological polar surface area (TPSA) is 60.8 Å². The minimum atomic E-state index is -0.399. The van der Waals surface area contributed by atoms with Gasteiger partial charge < -0.3 is 15.1 Å². The quantitative estimate of drug-likeness (QED) is 0.690. The molecule has 0 saturated carbocycles. The lowest BCUT2D eigenvalue weighted by Crippen LogP contribution is -2.32. The standard InChI is InChI=1S/C11H21NO3/c1-2-3-10(7-13)9-4-5-12(6-9)11(15)8-14/h9-10,13-14H,2-8H2,1H3/t9-,10-/m0/s1. The molecule has 0 aromatic heterocycles. The molecule has 15 heavy (non-hydrogen) atoms. The van der Waals surface area contributed by atoms with Gasteiger partial charge in [-0.05, 0) is 24.7 Å². The van der Waals surface area contributed by atoms with Crippen LogP contribution in [0, 0.1) is 11.8 Å². The molecule has 88 valence electrons. The molecule has 1 rings (SSSR count). The molecule has 0 bridgehead atoms. The average molecular weight is 215 g/mol. The summed E-state index contributed by atoms with van der Waals surface area (Å²) in [5.41, 5.74) is 0. The Kier molecular flexibility index (Phi) is 5.05. The van der Waals surface area contributed by atoms with Crippen LogP contribution in [0.5, 0.6) is 0 Å². The third-order valence-corrected chi connectivity index (χ3v) is 3.27. The highest BCUT2D eigenvalue weighted by Crippen LogP contribution is 2.27. The zero-order valence-electron chi connectivity index (χ0n) is 9.35. The van der Waals surface area contributed by atoms with Crippen molar-refractivity contribution in [3.05, 3.63) is 0 Å². The summed E-state index contributed by atoms with van der Waals surface area (Å²) in [4.78, 5) is 12.9. The Labute approximate surface area is 90.9 Å². The van der Waals surface area contributed by atoms with Crippen LogP contribution in [0.4, 0.5) is 0 Å². The van der Waals surface area contributed by atoms with Gasteiger partial charge in [0.15, 0.2) is 0 Å². The number of hydrogen-bond acceptors (Lipinski definition) is 3. The second-order valence-electron chi connectivity index (χ2n) is 4.28. The average Bonchev–Trinajstić information content (AvgIpc) is 2.73. The van der Waals surface area contributed by atoms with E-state index in [1.807, 2.05) is 0 Å². The van der Waals surface area contributed by atoms with Gasteiger partial charge >= 0.3 is 0 Å². The van der Waals surface area contributed by atoms with E-state index in [-0.39, 0.29) is 12.5 Å². The molecular formula is C11H21NO3. The molecule has 0 aliphatic carbocycles. The maximum absolute atomic E-state index is 11.2. The van der Waals surface area contributed by atoms with Gasteiger partial charge in [-0.2, -0.15) is 0 Å². The van der Waals surface area contributed by atoms with Gasteiger partial charge in [0.05, 0.1) is 0 Å². The van der Waals surface area contributed by atoms with Gasteiger partial charge in [0.2, 0.25) is 5.91 Å². The number of nitrogens with zero attached hydrogens (tertiary/aromatic N) is 1. The monoisotopic (exact) mass is 215 g/mol. The normalized spacial score (nSPS) is 23.1. The van der Waals surface area contributed by atoms with Crippen molar-refractivity contribution >= 4 is 5.91 Å². The van der Waals surface area contributed by atoms with Gasteiger partial charge in [-0.1, -0.05) is 13.3 Å². The maximum Gasteiger partial charge on any atom is 0.248 e. The second kappa shape index (κ2) is 6.08. The van der Waals surface area contributed by atoms with Crippen LogP contribution in [-0.4, -0.2) is 47.3 Å². The van der Waals surface area contributed by atoms with Crippen molar-refractivity contribution in [2.45, 2.75) is 26.2 Å². The fraction of sp³-hybridized carbons (Fsp3) is 0.909. The first kappa shape index (κ1) is 12.5. The van der Waals surface area contributed by atoms with Gasteiger partial charge in [-0.15, -0.1) is 0 Å². The molecule has 4 heteroatoms. The van der Waals surface area contributed by atoms with Crippen LogP contribution in [0.15, 0.2) is 0 Å². The van der Waals surface area contributed by atoms with Gasteiger partial charge in [0, 0.05) is 19.7 Å². The summed E-state index contributed by atoms with van der Waals surface area (Å²) in [5, 5.41) is 18.0. The SMILES string of the molecule is CCC[C@@H](CO)[C@H]1CCN(C(=O)CO)C1. The molecule has 1 amide bonds. The largest absolute Gasteiger partial charge is 0.396 e. The highest BCUT2D eigenvalue weighted by molar-refractivity contribution is 5.77. The Morgan fingerprint density at radius 2 is 2.27 bits per heavy atom. The van der Waals surface area contributed by atoms with Crippen LogP contribution in [0.2, 0.25) is 0 Å². The van der Waals surface area contributed by atoms with Crippen LogP contribution >= 0.6 is 0 Å². The van der Waals surface area contributed by atoms with E-state index in [2.05, 4.69) is 6.92 Å². The Bertz CT molecular complexity index is 208. The molecule has 0 radical (unpaired) electrons. The number of carbonyl (C=O) groups is 1. The predicted octanol–water partition coefficient (Wildman–Crippen LogP) is 0.236. The first-order valence-electron chi connectivity index (χ1n) is 5.72. The van der Waals surface area contributed by atoms with Crippen molar-refractivity contribution in [2.75, 3.05) is 26.3 Å². The van der Waals surface area contributed by atoms with E-state index in [1.54, 1.807) is 4.90 Å². The van der Waals surface area contributed by atoms with Crippen molar-refractivity contribution in [2.24, 2.45) is 11.8 Å². The minimum Gasteiger partial charge on any atom is -0.396 e. The zero-order valence-corrected chi connectivity index (χ0v) is 9.35. The fourth-order valence-electron chi connectivity index (χ4n) is 2.35. The lowest BCUT2D eigenvalue weighted by atomic mass is 9.88. The van der Waals surface area contributed by atoms with E-state index in [9.17, 15) is 9.90 Å². The molecular weight excluding hydrogens is 194 g/mol. The Balaban J connectivity index is 2.43. The molecule has 1 saturated heterocycles. The molecule has 1 aliphatic rings. The molecule has 2 atom stereocenters. The number of amides is 1. The Morgan fingerprint density at radius 3 is 2.80 bits per heavy atom. The smallest absolute Gasteiger partial charge is 0.248 e. The van der Waals surface area contributed by atoms with E-state index in [0.717, 1.165) is 25.8 Å². The highest BCUT2D eigenvalue weighted by Gasteiger charge is 2.30. The predicted molar refractivity (Wildman–Crippen MR) is 57.3 cm³/mol. The number of aliphatic hydroxyl groups excluding tert-OH is 2. The number of likely N-dealkylation sites (tertiary alicyclic amines) is 1. The van der Waals surface area contributed by atoms with Crippen LogP contribution < -0.4 is 0 Å². The van der Waals surface area contributed by atoms with Crippen molar-refractivity contribution in [3.63, 3.8) is 0 Å². The first-order chi connectivity index (χ1) is 7.22. The molecule has 1 aliphatic heterocycles. The van der Waals surface area contributed by atoms with E-state index >= 15 is 0 Å². The fourth-order valence-corrected chi connectivity index (χ4v) is 2.35. The number of aliphatic hydroxyl groups is 2. The summed E-state index contributed by atoms with van der Waals surface area (Å²) < 4.78 is 0. The van der Waals surface area contributed by atoms with E-state index in [0.29, 0.717) is 18.4 Å². The lowest BCUT2D eigenvalue weighted by Gasteiger charge is -2.21. The molecule has 0 unspecified atom stereocenters. The van der Waals surface area contributed by atoms with Gasteiger partial charge in [0.25, 0.3) is 0 Å². The summed E-state index contributed by atoms with van der Waals surface area (Å²) >= 11 is 0. The van der Waals surface area contributed by atoms with Crippen LogP contribution in [-0.2, 0) is 4.79 Å². The number of carbonyl (C=O) groups excluding carboxylic acids is 1. The Morgan fingerprint density at radius 1 is 1.53 bits per heavy atom. The second-order valence-corrected chi connectivity index (χ2v) is 4.28. The summed E-state index contributed by atoms with van der Waals surface area (Å²) in [5.74, 6) is 0.530. The van der Waals surface area contributed by atoms with Gasteiger partial charge in [0.1, 0.15) is 6.61 Å². The lowest BCUT2D eigenvalue weighted by molar-refractivity contribution is -0.133. The molecule has 4 nitrogen and oxygen atoms in total. The number of rotatable bonds is 5. The minimum absolute atomic E-state index is 0.189. The van der Waals surface area contributed by atoms with Gasteiger partial charge in [-0.25, -0.2) is 0 Å². The van der Waals surface area contributed by atoms with Gasteiger partial charge in [-0.3, -0.25) is 4.79 Å². The van der Waals surface area contributed by atoms with Crippen LogP contribution in [0.25, 0.3) is 0 Å². The molecule has 1 heterocycles. The van der Waals surface area contributed by atoms with Crippen LogP contribution in [0.1, 0.15) is 26.2 Å². The van der Waals surface area contributed by atoms with E-state index in [4.69, 9.17) is 5.11 Å². The molecule has 2 N–H and O–H groups in total. The third-order valence-electron chi connectivity index (χ3n) is 3.27. The first-order valence-corrected chi connectivity index (χ1v) is 5.72. The van der Waals surface area contributed by atoms with Crippen molar-refractivity contribution in [1.82, 2.24) is 4.90 Å². The third kappa shape index (κ3) is 3.18. The summed E-state index contributed by atoms with van der Waals surface area (Å²) in [6.45, 7) is 3.34.